The van der Waals surface area contributed by atoms with E-state index in [4.69, 9.17) is 4.99 Å². The Hall–Kier alpha value is -4.50. The van der Waals surface area contributed by atoms with Gasteiger partial charge >= 0.3 is 0 Å². The predicted molar refractivity (Wildman–Crippen MR) is 154 cm³/mol. The van der Waals surface area contributed by atoms with Gasteiger partial charge in [-0.15, -0.1) is 0 Å². The van der Waals surface area contributed by atoms with E-state index in [1.165, 1.54) is 23.3 Å². The number of aliphatic imine (C=N–C) groups is 1. The fourth-order valence-corrected chi connectivity index (χ4v) is 5.64. The molecule has 2 aliphatic rings. The number of aromatic nitrogens is 1. The second kappa shape index (κ2) is 10.9. The molecule has 0 aliphatic carbocycles. The van der Waals surface area contributed by atoms with Gasteiger partial charge in [-0.25, -0.2) is 4.99 Å². The van der Waals surface area contributed by atoms with Gasteiger partial charge in [-0.05, 0) is 67.1 Å². The first kappa shape index (κ1) is 25.8. The standard InChI is InChI=1S/C31H31N5O4/c37-28-3-1-2-15-35(28)16-13-20-4-6-21(7-5-20)30(33-24-9-8-23-19-32-14-12-22(23)17-24)29-26-18-25(36(39)40)10-11-27(26)34-31(29)38/h4-11,17-18,32,34,38H,1-3,12-16,19H2. The molecule has 2 aliphatic heterocycles. The third kappa shape index (κ3) is 5.20. The van der Waals surface area contributed by atoms with E-state index in [1.807, 2.05) is 35.2 Å². The van der Waals surface area contributed by atoms with Crippen LogP contribution >= 0.6 is 0 Å². The maximum Gasteiger partial charge on any atom is 0.270 e. The molecule has 9 heteroatoms. The van der Waals surface area contributed by atoms with Crippen molar-refractivity contribution < 1.29 is 14.8 Å². The fourth-order valence-electron chi connectivity index (χ4n) is 5.64. The second-order valence-electron chi connectivity index (χ2n) is 10.5. The number of H-pyrrole nitrogens is 1. The van der Waals surface area contributed by atoms with Crippen LogP contribution in [0.1, 0.15) is 47.1 Å². The van der Waals surface area contributed by atoms with Crippen LogP contribution in [0, 0.1) is 10.1 Å². The summed E-state index contributed by atoms with van der Waals surface area (Å²) in [5, 5.41) is 26.5. The molecule has 3 heterocycles. The van der Waals surface area contributed by atoms with Crippen LogP contribution in [0.4, 0.5) is 11.4 Å². The molecule has 0 saturated carbocycles. The number of nitrogens with zero attached hydrogens (tertiary/aromatic N) is 3. The van der Waals surface area contributed by atoms with Gasteiger partial charge < -0.3 is 20.3 Å². The Morgan fingerprint density at radius 2 is 1.88 bits per heavy atom. The maximum absolute atomic E-state index is 12.2. The summed E-state index contributed by atoms with van der Waals surface area (Å²) in [6, 6.07) is 18.6. The van der Waals surface area contributed by atoms with Crippen LogP contribution in [-0.2, 0) is 24.2 Å². The minimum Gasteiger partial charge on any atom is -0.494 e. The topological polar surface area (TPSA) is 124 Å². The summed E-state index contributed by atoms with van der Waals surface area (Å²) in [6.45, 7) is 3.24. The molecule has 3 aromatic carbocycles. The number of carbonyl (C=O) groups excluding carboxylic acids is 1. The molecule has 204 valence electrons. The quantitative estimate of drug-likeness (QED) is 0.171. The van der Waals surface area contributed by atoms with Gasteiger partial charge in [0.25, 0.3) is 5.69 Å². The van der Waals surface area contributed by atoms with Crippen molar-refractivity contribution in [3.8, 4) is 5.88 Å². The van der Waals surface area contributed by atoms with Gasteiger partial charge in [0.2, 0.25) is 5.91 Å². The summed E-state index contributed by atoms with van der Waals surface area (Å²) in [5.74, 6) is 0.131. The molecule has 0 unspecified atom stereocenters. The van der Waals surface area contributed by atoms with Gasteiger partial charge in [0.05, 0.1) is 21.9 Å². The average molecular weight is 538 g/mol. The third-order valence-corrected chi connectivity index (χ3v) is 7.85. The summed E-state index contributed by atoms with van der Waals surface area (Å²) in [6.07, 6.45) is 4.31. The van der Waals surface area contributed by atoms with Crippen molar-refractivity contribution in [1.29, 1.82) is 0 Å². The van der Waals surface area contributed by atoms with E-state index in [-0.39, 0.29) is 17.5 Å². The lowest BCUT2D eigenvalue weighted by Crippen LogP contribution is -2.36. The van der Waals surface area contributed by atoms with Crippen molar-refractivity contribution in [2.24, 2.45) is 4.99 Å². The lowest BCUT2D eigenvalue weighted by molar-refractivity contribution is -0.384. The summed E-state index contributed by atoms with van der Waals surface area (Å²) in [5.41, 5.74) is 6.58. The number of nitrogens with one attached hydrogen (secondary N) is 2. The van der Waals surface area contributed by atoms with E-state index in [1.54, 1.807) is 6.07 Å². The van der Waals surface area contributed by atoms with Crippen LogP contribution < -0.4 is 5.32 Å². The molecule has 3 N–H and O–H groups in total. The highest BCUT2D eigenvalue weighted by atomic mass is 16.6. The zero-order chi connectivity index (χ0) is 27.6. The van der Waals surface area contributed by atoms with Crippen LogP contribution in [0.15, 0.2) is 65.7 Å². The highest BCUT2D eigenvalue weighted by molar-refractivity contribution is 6.22. The number of nitro groups is 1. The molecule has 1 fully saturated rings. The first-order chi connectivity index (χ1) is 19.5. The van der Waals surface area contributed by atoms with Crippen molar-refractivity contribution in [3.05, 3.63) is 98.6 Å². The highest BCUT2D eigenvalue weighted by Crippen LogP contribution is 2.34. The average Bonchev–Trinajstić information content (AvgIpc) is 3.30. The number of likely N-dealkylation sites (tertiary alicyclic amines) is 1. The minimum atomic E-state index is -0.441. The zero-order valence-corrected chi connectivity index (χ0v) is 22.2. The Morgan fingerprint density at radius 1 is 1.02 bits per heavy atom. The molecule has 1 amide bonds. The maximum atomic E-state index is 12.2. The summed E-state index contributed by atoms with van der Waals surface area (Å²) < 4.78 is 0. The molecule has 9 nitrogen and oxygen atoms in total. The lowest BCUT2D eigenvalue weighted by atomic mass is 9.98. The van der Waals surface area contributed by atoms with Gasteiger partial charge in [-0.3, -0.25) is 14.9 Å². The van der Waals surface area contributed by atoms with E-state index < -0.39 is 4.92 Å². The van der Waals surface area contributed by atoms with Gasteiger partial charge in [-0.2, -0.15) is 0 Å². The monoisotopic (exact) mass is 537 g/mol. The molecule has 1 aromatic heterocycles. The Morgan fingerprint density at radius 3 is 2.67 bits per heavy atom. The largest absolute Gasteiger partial charge is 0.494 e. The van der Waals surface area contributed by atoms with Gasteiger partial charge in [0.1, 0.15) is 0 Å². The molecule has 0 spiro atoms. The van der Waals surface area contributed by atoms with Crippen molar-refractivity contribution in [2.45, 2.75) is 38.6 Å². The molecule has 6 rings (SSSR count). The molecular weight excluding hydrogens is 506 g/mol. The number of amides is 1. The molecular formula is C31H31N5O4. The van der Waals surface area contributed by atoms with E-state index in [9.17, 15) is 20.0 Å². The van der Waals surface area contributed by atoms with Gasteiger partial charge in [0.15, 0.2) is 5.88 Å². The number of nitro benzene ring substituents is 1. The van der Waals surface area contributed by atoms with Crippen molar-refractivity contribution in [3.63, 3.8) is 0 Å². The van der Waals surface area contributed by atoms with E-state index in [0.717, 1.165) is 62.1 Å². The summed E-state index contributed by atoms with van der Waals surface area (Å²) >= 11 is 0. The normalized spacial score (nSPS) is 15.8. The SMILES string of the molecule is O=C1CCCCN1CCc1ccc(C(=Nc2ccc3c(c2)CCNC3)c2c(O)[nH]c3ccc([N+](=O)[O-])cc23)cc1. The number of benzene rings is 3. The van der Waals surface area contributed by atoms with Crippen molar-refractivity contribution in [2.75, 3.05) is 19.6 Å². The van der Waals surface area contributed by atoms with Gasteiger partial charge in [-0.1, -0.05) is 30.3 Å². The molecule has 0 bridgehead atoms. The smallest absolute Gasteiger partial charge is 0.270 e. The molecule has 40 heavy (non-hydrogen) atoms. The number of non-ortho nitro benzene ring substituents is 1. The molecule has 0 atom stereocenters. The fraction of sp³-hybridized carbons (Fsp3) is 0.290. The van der Waals surface area contributed by atoms with Crippen LogP contribution in [0.5, 0.6) is 5.88 Å². The number of rotatable bonds is 7. The van der Waals surface area contributed by atoms with Crippen molar-refractivity contribution >= 4 is 33.9 Å². The van der Waals surface area contributed by atoms with Gasteiger partial charge in [0, 0.05) is 54.7 Å². The Balaban J connectivity index is 1.40. The Labute approximate surface area is 231 Å². The van der Waals surface area contributed by atoms with Crippen LogP contribution in [0.3, 0.4) is 0 Å². The highest BCUT2D eigenvalue weighted by Gasteiger charge is 2.22. The zero-order valence-electron chi connectivity index (χ0n) is 22.2. The number of aromatic hydroxyl groups is 1. The number of fused-ring (bicyclic) bond motifs is 2. The Bertz CT molecular complexity index is 1620. The van der Waals surface area contributed by atoms with E-state index in [2.05, 4.69) is 22.4 Å². The summed E-state index contributed by atoms with van der Waals surface area (Å²) in [7, 11) is 0. The third-order valence-electron chi connectivity index (χ3n) is 7.85. The second-order valence-corrected chi connectivity index (χ2v) is 10.5. The number of hydrogen-bond donors (Lipinski definition) is 3. The lowest BCUT2D eigenvalue weighted by Gasteiger charge is -2.26. The van der Waals surface area contributed by atoms with Crippen LogP contribution in [0.25, 0.3) is 10.9 Å². The first-order valence-electron chi connectivity index (χ1n) is 13.7. The van der Waals surface area contributed by atoms with E-state index in [0.29, 0.717) is 35.1 Å². The van der Waals surface area contributed by atoms with Crippen LogP contribution in [0.2, 0.25) is 0 Å². The van der Waals surface area contributed by atoms with Crippen LogP contribution in [-0.4, -0.2) is 51.2 Å². The number of aromatic amines is 1. The van der Waals surface area contributed by atoms with Crippen molar-refractivity contribution in [1.82, 2.24) is 15.2 Å². The Kier molecular flexibility index (Phi) is 7.04. The summed E-state index contributed by atoms with van der Waals surface area (Å²) in [4.78, 5) is 33.2. The number of carbonyl (C=O) groups is 1. The van der Waals surface area contributed by atoms with E-state index >= 15 is 0 Å². The first-order valence-corrected chi connectivity index (χ1v) is 13.7. The number of piperidine rings is 1. The molecule has 1 saturated heterocycles. The predicted octanol–water partition coefficient (Wildman–Crippen LogP) is 5.15. The minimum absolute atomic E-state index is 0.0593. The number of hydrogen-bond acceptors (Lipinski definition) is 6. The molecule has 0 radical (unpaired) electrons. The molecule has 4 aromatic rings.